The van der Waals surface area contributed by atoms with E-state index in [9.17, 15) is 9.59 Å². The Morgan fingerprint density at radius 2 is 1.80 bits per heavy atom. The molecule has 0 fully saturated rings. The van der Waals surface area contributed by atoms with Crippen molar-refractivity contribution in [2.75, 3.05) is 32.6 Å². The van der Waals surface area contributed by atoms with Crippen molar-refractivity contribution in [2.24, 2.45) is 0 Å². The van der Waals surface area contributed by atoms with Gasteiger partial charge >= 0.3 is 0 Å². The van der Waals surface area contributed by atoms with Crippen molar-refractivity contribution >= 4 is 33.3 Å². The van der Waals surface area contributed by atoms with Crippen LogP contribution < -0.4 is 10.1 Å². The van der Waals surface area contributed by atoms with E-state index in [4.69, 9.17) is 4.74 Å². The third kappa shape index (κ3) is 5.99. The Labute approximate surface area is 156 Å². The molecule has 0 aliphatic rings. The molecule has 0 saturated heterocycles. The van der Waals surface area contributed by atoms with Gasteiger partial charge in [-0.3, -0.25) is 9.59 Å². The SMILES string of the molecule is CN(C)CCOc1c(Br)cccc1NC(=O)CC(=O)c1ccccc1. The summed E-state index contributed by atoms with van der Waals surface area (Å²) in [6, 6.07) is 14.2. The van der Waals surface area contributed by atoms with Crippen LogP contribution in [0.4, 0.5) is 5.69 Å². The first-order valence-electron chi connectivity index (χ1n) is 7.91. The number of hydrogen-bond acceptors (Lipinski definition) is 4. The highest BCUT2D eigenvalue weighted by Crippen LogP contribution is 2.33. The third-order valence-corrected chi connectivity index (χ3v) is 4.07. The zero-order valence-corrected chi connectivity index (χ0v) is 15.9. The van der Waals surface area contributed by atoms with Crippen molar-refractivity contribution in [2.45, 2.75) is 6.42 Å². The monoisotopic (exact) mass is 404 g/mol. The number of Topliss-reactive ketones (excluding diaryl/α,β-unsaturated/α-hetero) is 1. The second-order valence-corrected chi connectivity index (χ2v) is 6.64. The molecular formula is C19H21BrN2O3. The number of rotatable bonds is 8. The predicted octanol–water partition coefficient (Wildman–Crippen LogP) is 3.60. The van der Waals surface area contributed by atoms with Crippen LogP contribution >= 0.6 is 15.9 Å². The molecular weight excluding hydrogens is 384 g/mol. The van der Waals surface area contributed by atoms with Crippen LogP contribution in [0, 0.1) is 0 Å². The molecule has 0 bridgehead atoms. The summed E-state index contributed by atoms with van der Waals surface area (Å²) in [6.45, 7) is 1.24. The molecule has 1 amide bonds. The fourth-order valence-electron chi connectivity index (χ4n) is 2.15. The summed E-state index contributed by atoms with van der Waals surface area (Å²) >= 11 is 3.44. The molecule has 1 N–H and O–H groups in total. The normalized spacial score (nSPS) is 10.6. The number of nitrogens with one attached hydrogen (secondary N) is 1. The highest BCUT2D eigenvalue weighted by molar-refractivity contribution is 9.10. The molecule has 6 heteroatoms. The van der Waals surface area contributed by atoms with E-state index in [-0.39, 0.29) is 18.1 Å². The lowest BCUT2D eigenvalue weighted by Crippen LogP contribution is -2.21. The number of benzene rings is 2. The van der Waals surface area contributed by atoms with Gasteiger partial charge in [-0.15, -0.1) is 0 Å². The Morgan fingerprint density at radius 1 is 1.08 bits per heavy atom. The average Bonchev–Trinajstić information content (AvgIpc) is 2.57. The molecule has 2 aromatic rings. The lowest BCUT2D eigenvalue weighted by atomic mass is 10.1. The van der Waals surface area contributed by atoms with E-state index in [0.29, 0.717) is 23.6 Å². The minimum atomic E-state index is -0.371. The highest BCUT2D eigenvalue weighted by atomic mass is 79.9. The fourth-order valence-corrected chi connectivity index (χ4v) is 2.63. The van der Waals surface area contributed by atoms with Gasteiger partial charge in [-0.2, -0.15) is 0 Å². The Hall–Kier alpha value is -2.18. The Morgan fingerprint density at radius 3 is 2.48 bits per heavy atom. The first-order chi connectivity index (χ1) is 12.0. The molecule has 0 spiro atoms. The summed E-state index contributed by atoms with van der Waals surface area (Å²) < 4.78 is 6.53. The number of nitrogens with zero attached hydrogens (tertiary/aromatic N) is 1. The van der Waals surface area contributed by atoms with Gasteiger partial charge in [-0.25, -0.2) is 0 Å². The van der Waals surface area contributed by atoms with Crippen LogP contribution in [0.25, 0.3) is 0 Å². The van der Waals surface area contributed by atoms with Gasteiger partial charge in [0.05, 0.1) is 16.6 Å². The summed E-state index contributed by atoms with van der Waals surface area (Å²) in [7, 11) is 3.92. The Balaban J connectivity index is 2.02. The minimum Gasteiger partial charge on any atom is -0.489 e. The van der Waals surface area contributed by atoms with Crippen LogP contribution in [0.2, 0.25) is 0 Å². The zero-order chi connectivity index (χ0) is 18.2. The van der Waals surface area contributed by atoms with Gasteiger partial charge < -0.3 is 15.0 Å². The number of halogens is 1. The van der Waals surface area contributed by atoms with E-state index < -0.39 is 0 Å². The molecule has 25 heavy (non-hydrogen) atoms. The van der Waals surface area contributed by atoms with Gasteiger partial charge in [0, 0.05) is 12.1 Å². The predicted molar refractivity (Wildman–Crippen MR) is 102 cm³/mol. The summed E-state index contributed by atoms with van der Waals surface area (Å²) in [4.78, 5) is 26.4. The maximum Gasteiger partial charge on any atom is 0.232 e. The lowest BCUT2D eigenvalue weighted by Gasteiger charge is -2.16. The van der Waals surface area contributed by atoms with Crippen molar-refractivity contribution in [3.8, 4) is 5.75 Å². The van der Waals surface area contributed by atoms with Crippen molar-refractivity contribution in [3.63, 3.8) is 0 Å². The quantitative estimate of drug-likeness (QED) is 0.539. The Bertz CT molecular complexity index is 733. The molecule has 0 heterocycles. The van der Waals surface area contributed by atoms with E-state index in [1.54, 1.807) is 36.4 Å². The molecule has 5 nitrogen and oxygen atoms in total. The van der Waals surface area contributed by atoms with Crippen molar-refractivity contribution < 1.29 is 14.3 Å². The molecule has 2 aromatic carbocycles. The summed E-state index contributed by atoms with van der Waals surface area (Å²) in [5.74, 6) is -0.0301. The number of amides is 1. The zero-order valence-electron chi connectivity index (χ0n) is 14.3. The third-order valence-electron chi connectivity index (χ3n) is 3.44. The molecule has 0 aliphatic carbocycles. The molecule has 0 unspecified atom stereocenters. The van der Waals surface area contributed by atoms with Crippen LogP contribution in [0.1, 0.15) is 16.8 Å². The summed E-state index contributed by atoms with van der Waals surface area (Å²) in [6.07, 6.45) is -0.215. The number of hydrogen-bond donors (Lipinski definition) is 1. The van der Waals surface area contributed by atoms with Crippen molar-refractivity contribution in [1.29, 1.82) is 0 Å². The first kappa shape index (κ1) is 19.1. The smallest absolute Gasteiger partial charge is 0.232 e. The van der Waals surface area contributed by atoms with E-state index in [2.05, 4.69) is 21.2 Å². The van der Waals surface area contributed by atoms with Gasteiger partial charge in [0.25, 0.3) is 0 Å². The van der Waals surface area contributed by atoms with E-state index in [0.717, 1.165) is 11.0 Å². The maximum atomic E-state index is 12.2. The topological polar surface area (TPSA) is 58.6 Å². The second-order valence-electron chi connectivity index (χ2n) is 5.78. The molecule has 0 atom stereocenters. The summed E-state index contributed by atoms with van der Waals surface area (Å²) in [5, 5.41) is 2.76. The molecule has 0 saturated carbocycles. The van der Waals surface area contributed by atoms with E-state index in [1.807, 2.05) is 31.1 Å². The first-order valence-corrected chi connectivity index (χ1v) is 8.71. The van der Waals surface area contributed by atoms with E-state index in [1.165, 1.54) is 0 Å². The van der Waals surface area contributed by atoms with Crippen LogP contribution in [-0.4, -0.2) is 43.8 Å². The minimum absolute atomic E-state index is 0.215. The molecule has 132 valence electrons. The van der Waals surface area contributed by atoms with Crippen molar-refractivity contribution in [1.82, 2.24) is 4.90 Å². The lowest BCUT2D eigenvalue weighted by molar-refractivity contribution is -0.115. The van der Waals surface area contributed by atoms with Crippen molar-refractivity contribution in [3.05, 3.63) is 58.6 Å². The van der Waals surface area contributed by atoms with Gasteiger partial charge in [0.1, 0.15) is 6.61 Å². The molecule has 0 radical (unpaired) electrons. The summed E-state index contributed by atoms with van der Waals surface area (Å²) in [5.41, 5.74) is 1.06. The van der Waals surface area contributed by atoms with Gasteiger partial charge in [-0.05, 0) is 42.2 Å². The van der Waals surface area contributed by atoms with Gasteiger partial charge in [0.2, 0.25) is 5.91 Å². The van der Waals surface area contributed by atoms with Gasteiger partial charge in [-0.1, -0.05) is 36.4 Å². The van der Waals surface area contributed by atoms with Crippen LogP contribution in [0.3, 0.4) is 0 Å². The average molecular weight is 405 g/mol. The fraction of sp³-hybridized carbons (Fsp3) is 0.263. The Kier molecular flexibility index (Phi) is 7.16. The van der Waals surface area contributed by atoms with Crippen LogP contribution in [-0.2, 0) is 4.79 Å². The highest BCUT2D eigenvalue weighted by Gasteiger charge is 2.15. The van der Waals surface area contributed by atoms with Gasteiger partial charge in [0.15, 0.2) is 11.5 Å². The molecule has 0 aliphatic heterocycles. The largest absolute Gasteiger partial charge is 0.489 e. The van der Waals surface area contributed by atoms with Crippen LogP contribution in [0.5, 0.6) is 5.75 Å². The number of ketones is 1. The van der Waals surface area contributed by atoms with E-state index >= 15 is 0 Å². The number of ether oxygens (including phenoxy) is 1. The second kappa shape index (κ2) is 9.34. The molecule has 2 rings (SSSR count). The number of anilines is 1. The number of para-hydroxylation sites is 1. The number of carbonyl (C=O) groups excluding carboxylic acids is 2. The maximum absolute atomic E-state index is 12.2. The standard InChI is InChI=1S/C19H21BrN2O3/c1-22(2)11-12-25-19-15(20)9-6-10-16(19)21-18(24)13-17(23)14-7-4-3-5-8-14/h3-10H,11-13H2,1-2H3,(H,21,24). The number of likely N-dealkylation sites (N-methyl/N-ethyl adjacent to an activating group) is 1. The number of carbonyl (C=O) groups is 2. The molecule has 0 aromatic heterocycles. The van der Waals surface area contributed by atoms with Crippen LogP contribution in [0.15, 0.2) is 53.0 Å².